The Balaban J connectivity index is 1.65. The minimum absolute atomic E-state index is 0.198. The largest absolute Gasteiger partial charge is 0.393 e. The second-order valence-corrected chi connectivity index (χ2v) is 8.34. The molecule has 2 heterocycles. The van der Waals surface area contributed by atoms with Gasteiger partial charge in [0, 0.05) is 11.6 Å². The van der Waals surface area contributed by atoms with Crippen LogP contribution in [-0.4, -0.2) is 40.9 Å². The molecule has 5 N–H and O–H groups in total. The molecule has 1 aliphatic carbocycles. The molecule has 1 saturated carbocycles. The lowest BCUT2D eigenvalue weighted by molar-refractivity contribution is 0.0712. The highest BCUT2D eigenvalue weighted by molar-refractivity contribution is 7.89. The topological polar surface area (TPSA) is 134 Å². The number of hydrogen-bond acceptors (Lipinski definition) is 6. The minimum atomic E-state index is -3.61. The second kappa shape index (κ2) is 6.04. The number of sulfonamides is 1. The Morgan fingerprint density at radius 2 is 2.04 bits per heavy atom. The number of nitrogens with zero attached hydrogens (tertiary/aromatic N) is 2. The van der Waals surface area contributed by atoms with E-state index in [4.69, 9.17) is 5.73 Å². The van der Waals surface area contributed by atoms with Crippen molar-refractivity contribution in [3.05, 3.63) is 35.9 Å². The van der Waals surface area contributed by atoms with E-state index >= 15 is 0 Å². The van der Waals surface area contributed by atoms with Gasteiger partial charge in [-0.2, -0.15) is 5.10 Å². The van der Waals surface area contributed by atoms with Gasteiger partial charge in [0.05, 0.1) is 22.2 Å². The molecule has 1 aromatic carbocycles. The van der Waals surface area contributed by atoms with Crippen molar-refractivity contribution in [1.29, 1.82) is 0 Å². The first-order valence-electron chi connectivity index (χ1n) is 8.25. The van der Waals surface area contributed by atoms with Crippen molar-refractivity contribution in [2.75, 3.05) is 5.73 Å². The van der Waals surface area contributed by atoms with Crippen molar-refractivity contribution in [1.82, 2.24) is 19.9 Å². The number of fused-ring (bicyclic) bond motifs is 1. The molecule has 0 bridgehead atoms. The van der Waals surface area contributed by atoms with Gasteiger partial charge in [0.1, 0.15) is 5.52 Å². The molecule has 3 aromatic rings. The zero-order chi connectivity index (χ0) is 18.5. The Labute approximate surface area is 150 Å². The van der Waals surface area contributed by atoms with Crippen LogP contribution in [0.1, 0.15) is 18.4 Å². The number of aliphatic hydroxyl groups excluding tert-OH is 1. The molecule has 8 nitrogen and oxygen atoms in total. The molecular weight excluding hydrogens is 354 g/mol. The lowest BCUT2D eigenvalue weighted by Gasteiger charge is -2.31. The molecule has 4 rings (SSSR count). The van der Waals surface area contributed by atoms with Crippen molar-refractivity contribution in [2.24, 2.45) is 0 Å². The average molecular weight is 373 g/mol. The highest BCUT2D eigenvalue weighted by Gasteiger charge is 2.31. The van der Waals surface area contributed by atoms with E-state index in [0.717, 1.165) is 16.6 Å². The van der Waals surface area contributed by atoms with E-state index < -0.39 is 16.1 Å². The fourth-order valence-corrected chi connectivity index (χ4v) is 4.48. The average Bonchev–Trinajstić information content (AvgIpc) is 2.94. The summed E-state index contributed by atoms with van der Waals surface area (Å²) in [6, 6.07) is 8.40. The maximum Gasteiger partial charge on any atom is 0.240 e. The van der Waals surface area contributed by atoms with Crippen LogP contribution in [0, 0.1) is 6.92 Å². The molecule has 0 atom stereocenters. The number of pyridine rings is 1. The first-order valence-corrected chi connectivity index (χ1v) is 9.74. The number of benzene rings is 1. The number of nitrogens with one attached hydrogen (secondary N) is 2. The number of hydrogen-bond donors (Lipinski definition) is 4. The lowest BCUT2D eigenvalue weighted by Crippen LogP contribution is -2.46. The van der Waals surface area contributed by atoms with Crippen LogP contribution in [0.2, 0.25) is 0 Å². The van der Waals surface area contributed by atoms with Crippen LogP contribution in [0.5, 0.6) is 0 Å². The Morgan fingerprint density at radius 1 is 1.27 bits per heavy atom. The summed E-state index contributed by atoms with van der Waals surface area (Å²) in [5, 5.41) is 16.0. The number of aliphatic hydroxyl groups is 1. The maximum atomic E-state index is 12.5. The van der Waals surface area contributed by atoms with E-state index in [1.165, 1.54) is 0 Å². The van der Waals surface area contributed by atoms with Crippen LogP contribution in [0.25, 0.3) is 22.3 Å². The molecule has 0 saturated heterocycles. The molecule has 0 radical (unpaired) electrons. The van der Waals surface area contributed by atoms with Gasteiger partial charge in [-0.1, -0.05) is 6.07 Å². The summed E-state index contributed by atoms with van der Waals surface area (Å²) in [4.78, 5) is 4.72. The van der Waals surface area contributed by atoms with Gasteiger partial charge in [0.2, 0.25) is 10.0 Å². The third-order valence-corrected chi connectivity index (χ3v) is 6.17. The van der Waals surface area contributed by atoms with Crippen LogP contribution in [-0.2, 0) is 10.0 Å². The molecule has 1 aliphatic rings. The molecule has 2 aromatic heterocycles. The van der Waals surface area contributed by atoms with Gasteiger partial charge in [-0.05, 0) is 49.6 Å². The highest BCUT2D eigenvalue weighted by Crippen LogP contribution is 2.28. The van der Waals surface area contributed by atoms with Gasteiger partial charge in [-0.25, -0.2) is 18.1 Å². The van der Waals surface area contributed by atoms with E-state index in [1.807, 2.05) is 19.1 Å². The molecular formula is C17H19N5O3S. The zero-order valence-corrected chi connectivity index (χ0v) is 14.9. The Kier molecular flexibility index (Phi) is 3.94. The number of aromatic amines is 1. The smallest absolute Gasteiger partial charge is 0.240 e. The Morgan fingerprint density at radius 3 is 2.73 bits per heavy atom. The van der Waals surface area contributed by atoms with Crippen molar-refractivity contribution in [3.63, 3.8) is 0 Å². The van der Waals surface area contributed by atoms with Gasteiger partial charge in [-0.3, -0.25) is 5.10 Å². The van der Waals surface area contributed by atoms with Crippen LogP contribution in [0.15, 0.2) is 35.2 Å². The molecule has 0 amide bonds. The third-order valence-electron chi connectivity index (χ3n) is 4.65. The Hall–Kier alpha value is -2.49. The van der Waals surface area contributed by atoms with Gasteiger partial charge >= 0.3 is 0 Å². The summed E-state index contributed by atoms with van der Waals surface area (Å²) in [6.45, 7) is 1.84. The number of H-pyrrole nitrogens is 1. The molecule has 1 fully saturated rings. The number of nitrogens with two attached hydrogens (primary N) is 1. The first-order chi connectivity index (χ1) is 12.3. The van der Waals surface area contributed by atoms with Gasteiger partial charge in [0.15, 0.2) is 5.82 Å². The first kappa shape index (κ1) is 17.0. The number of rotatable bonds is 4. The molecule has 0 aliphatic heterocycles. The van der Waals surface area contributed by atoms with Crippen LogP contribution in [0.4, 0.5) is 5.82 Å². The summed E-state index contributed by atoms with van der Waals surface area (Å²) in [5.41, 5.74) is 9.45. The number of anilines is 1. The number of aromatic nitrogens is 3. The summed E-state index contributed by atoms with van der Waals surface area (Å²) in [6.07, 6.45) is 0.488. The highest BCUT2D eigenvalue weighted by atomic mass is 32.2. The van der Waals surface area contributed by atoms with Crippen molar-refractivity contribution in [3.8, 4) is 11.3 Å². The van der Waals surface area contributed by atoms with Crippen molar-refractivity contribution < 1.29 is 13.5 Å². The van der Waals surface area contributed by atoms with Gasteiger partial charge in [-0.15, -0.1) is 0 Å². The molecule has 9 heteroatoms. The Bertz CT molecular complexity index is 1090. The van der Waals surface area contributed by atoms with E-state index in [1.54, 1.807) is 18.2 Å². The molecule has 0 spiro atoms. The number of aryl methyl sites for hydroxylation is 1. The van der Waals surface area contributed by atoms with E-state index in [2.05, 4.69) is 19.9 Å². The third kappa shape index (κ3) is 2.94. The zero-order valence-electron chi connectivity index (χ0n) is 14.1. The molecule has 26 heavy (non-hydrogen) atoms. The van der Waals surface area contributed by atoms with E-state index in [9.17, 15) is 13.5 Å². The number of nitrogen functional groups attached to an aromatic ring is 1. The van der Waals surface area contributed by atoms with Crippen LogP contribution >= 0.6 is 0 Å². The summed E-state index contributed by atoms with van der Waals surface area (Å²) < 4.78 is 27.6. The fourth-order valence-electron chi connectivity index (χ4n) is 3.13. The predicted molar refractivity (Wildman–Crippen MR) is 97.8 cm³/mol. The van der Waals surface area contributed by atoms with E-state index in [-0.39, 0.29) is 10.9 Å². The van der Waals surface area contributed by atoms with Crippen LogP contribution in [0.3, 0.4) is 0 Å². The monoisotopic (exact) mass is 373 g/mol. The molecule has 0 unspecified atom stereocenters. The second-order valence-electron chi connectivity index (χ2n) is 6.62. The summed E-state index contributed by atoms with van der Waals surface area (Å²) in [7, 11) is -3.61. The van der Waals surface area contributed by atoms with Crippen molar-refractivity contribution in [2.45, 2.75) is 36.8 Å². The molecule has 136 valence electrons. The van der Waals surface area contributed by atoms with Gasteiger partial charge in [0.25, 0.3) is 0 Å². The predicted octanol–water partition coefficient (Wildman–Crippen LogP) is 1.32. The SMILES string of the molecule is Cc1cc(S(=O)(=O)N[C@H]2C[C@@H](O)C2)ccc1-c1ccc2[nH]nc(N)c2n1. The van der Waals surface area contributed by atoms with Crippen LogP contribution < -0.4 is 10.5 Å². The fraction of sp³-hybridized carbons (Fsp3) is 0.294. The summed E-state index contributed by atoms with van der Waals surface area (Å²) >= 11 is 0. The normalized spacial score (nSPS) is 20.2. The quantitative estimate of drug-likeness (QED) is 0.545. The maximum absolute atomic E-state index is 12.5. The minimum Gasteiger partial charge on any atom is -0.393 e. The van der Waals surface area contributed by atoms with E-state index in [0.29, 0.717) is 29.9 Å². The summed E-state index contributed by atoms with van der Waals surface area (Å²) in [5.74, 6) is 0.325. The van der Waals surface area contributed by atoms with Crippen molar-refractivity contribution >= 4 is 26.9 Å². The standard InChI is InChI=1S/C17H19N5O3S/c1-9-6-12(26(24,25)22-10-7-11(23)8-10)2-3-13(9)14-4-5-15-16(19-14)17(18)21-20-15/h2-6,10-11,22-23H,7-8H2,1H3,(H3,18,20,21)/t10-,11+. The van der Waals surface area contributed by atoms with Gasteiger partial charge < -0.3 is 10.8 Å². The lowest BCUT2D eigenvalue weighted by atomic mass is 9.91.